The lowest BCUT2D eigenvalue weighted by atomic mass is 10.0. The molecule has 0 spiro atoms. The number of aromatic nitrogens is 1. The number of nitrogens with zero attached hydrogens (tertiary/aromatic N) is 2. The third-order valence-electron chi connectivity index (χ3n) is 4.49. The molecule has 1 amide bonds. The summed E-state index contributed by atoms with van der Waals surface area (Å²) in [6.45, 7) is -0.156. The number of carbonyl (C=O) groups is 1. The molecule has 0 atom stereocenters. The van der Waals surface area contributed by atoms with Crippen molar-refractivity contribution in [1.29, 1.82) is 0 Å². The summed E-state index contributed by atoms with van der Waals surface area (Å²) in [4.78, 5) is 16.4. The predicted octanol–water partition coefficient (Wildman–Crippen LogP) is 3.93. The molecule has 0 saturated heterocycles. The van der Waals surface area contributed by atoms with Gasteiger partial charge in [-0.05, 0) is 29.7 Å². The van der Waals surface area contributed by atoms with E-state index in [9.17, 15) is 4.79 Å². The van der Waals surface area contributed by atoms with Crippen LogP contribution in [0.5, 0.6) is 11.5 Å². The van der Waals surface area contributed by atoms with Crippen molar-refractivity contribution in [3.05, 3.63) is 78.5 Å². The Morgan fingerprint density at radius 2 is 1.83 bits per heavy atom. The van der Waals surface area contributed by atoms with Crippen LogP contribution in [0.3, 0.4) is 0 Å². The van der Waals surface area contributed by atoms with E-state index < -0.39 is 0 Å². The molecule has 6 heteroatoms. The summed E-state index contributed by atoms with van der Waals surface area (Å²) in [6.07, 6.45) is 3.30. The monoisotopic (exact) mass is 385 g/mol. The van der Waals surface area contributed by atoms with Crippen molar-refractivity contribution in [2.75, 3.05) is 13.7 Å². The Hall–Kier alpha value is -3.93. The highest BCUT2D eigenvalue weighted by atomic mass is 16.5. The summed E-state index contributed by atoms with van der Waals surface area (Å²) in [7, 11) is 1.64. The molecule has 0 bridgehead atoms. The van der Waals surface area contributed by atoms with Crippen LogP contribution >= 0.6 is 0 Å². The van der Waals surface area contributed by atoms with Crippen LogP contribution in [-0.4, -0.2) is 30.8 Å². The van der Waals surface area contributed by atoms with Gasteiger partial charge in [-0.3, -0.25) is 9.78 Å². The van der Waals surface area contributed by atoms with Gasteiger partial charge in [-0.15, -0.1) is 0 Å². The first kappa shape index (κ1) is 18.4. The fourth-order valence-corrected chi connectivity index (χ4v) is 3.13. The van der Waals surface area contributed by atoms with Crippen LogP contribution in [-0.2, 0) is 4.79 Å². The quantitative estimate of drug-likeness (QED) is 0.403. The summed E-state index contributed by atoms with van der Waals surface area (Å²) in [6, 6.07) is 21.0. The average Bonchev–Trinajstić information content (AvgIpc) is 2.77. The standard InChI is InChI=1S/C23H19N3O3/c1-28-20-12-11-17(18-8-2-3-9-19(18)20)14-25-26-22(27)15-29-21-10-4-6-16-7-5-13-24-23(16)21/h2-14H,15H2,1H3,(H,26,27)/b25-14-. The van der Waals surface area contributed by atoms with Gasteiger partial charge in [0, 0.05) is 22.5 Å². The second-order valence-electron chi connectivity index (χ2n) is 6.32. The second kappa shape index (κ2) is 8.39. The van der Waals surface area contributed by atoms with Crippen molar-refractivity contribution in [2.24, 2.45) is 5.10 Å². The van der Waals surface area contributed by atoms with Crippen LogP contribution in [0.4, 0.5) is 0 Å². The fourth-order valence-electron chi connectivity index (χ4n) is 3.13. The van der Waals surface area contributed by atoms with Crippen molar-refractivity contribution in [2.45, 2.75) is 0 Å². The van der Waals surface area contributed by atoms with Crippen LogP contribution in [0, 0.1) is 0 Å². The number of benzene rings is 3. The zero-order valence-corrected chi connectivity index (χ0v) is 15.8. The molecule has 0 aliphatic heterocycles. The number of hydrogen-bond donors (Lipinski definition) is 1. The lowest BCUT2D eigenvalue weighted by Crippen LogP contribution is -2.24. The van der Waals surface area contributed by atoms with E-state index in [1.807, 2.05) is 60.7 Å². The Bertz CT molecular complexity index is 1200. The lowest BCUT2D eigenvalue weighted by Gasteiger charge is -2.08. The summed E-state index contributed by atoms with van der Waals surface area (Å²) in [5.74, 6) is 0.995. The van der Waals surface area contributed by atoms with E-state index in [2.05, 4.69) is 15.5 Å². The third kappa shape index (κ3) is 4.01. The van der Waals surface area contributed by atoms with Crippen LogP contribution in [0.1, 0.15) is 5.56 Å². The maximum absolute atomic E-state index is 12.1. The minimum Gasteiger partial charge on any atom is -0.496 e. The normalized spacial score (nSPS) is 11.1. The average molecular weight is 385 g/mol. The van der Waals surface area contributed by atoms with Crippen LogP contribution in [0.15, 0.2) is 78.0 Å². The Kier molecular flexibility index (Phi) is 5.33. The summed E-state index contributed by atoms with van der Waals surface area (Å²) in [5, 5.41) is 6.99. The molecule has 4 aromatic rings. The number of amides is 1. The van der Waals surface area contributed by atoms with Crippen molar-refractivity contribution in [1.82, 2.24) is 10.4 Å². The van der Waals surface area contributed by atoms with E-state index in [1.165, 1.54) is 0 Å². The summed E-state index contributed by atoms with van der Waals surface area (Å²) < 4.78 is 11.0. The minimum absolute atomic E-state index is 0.156. The van der Waals surface area contributed by atoms with Gasteiger partial charge in [-0.25, -0.2) is 5.43 Å². The zero-order chi connectivity index (χ0) is 20.1. The molecule has 4 rings (SSSR count). The zero-order valence-electron chi connectivity index (χ0n) is 15.8. The molecule has 144 valence electrons. The number of fused-ring (bicyclic) bond motifs is 2. The number of ether oxygens (including phenoxy) is 2. The first-order valence-corrected chi connectivity index (χ1v) is 9.10. The number of nitrogens with one attached hydrogen (secondary N) is 1. The van der Waals surface area contributed by atoms with E-state index in [0.29, 0.717) is 5.75 Å². The van der Waals surface area contributed by atoms with Crippen LogP contribution in [0.2, 0.25) is 0 Å². The van der Waals surface area contributed by atoms with Gasteiger partial charge < -0.3 is 9.47 Å². The van der Waals surface area contributed by atoms with Crippen molar-refractivity contribution < 1.29 is 14.3 Å². The van der Waals surface area contributed by atoms with Crippen LogP contribution < -0.4 is 14.9 Å². The lowest BCUT2D eigenvalue weighted by molar-refractivity contribution is -0.123. The first-order chi connectivity index (χ1) is 14.3. The molecule has 0 aliphatic rings. The molecule has 0 radical (unpaired) electrons. The predicted molar refractivity (Wildman–Crippen MR) is 113 cm³/mol. The number of hydrogen-bond acceptors (Lipinski definition) is 5. The number of carbonyl (C=O) groups excluding carboxylic acids is 1. The highest BCUT2D eigenvalue weighted by molar-refractivity contribution is 6.02. The minimum atomic E-state index is -0.355. The number of hydrazone groups is 1. The van der Waals surface area contributed by atoms with Crippen molar-refractivity contribution in [3.8, 4) is 11.5 Å². The van der Waals surface area contributed by atoms with E-state index in [1.54, 1.807) is 25.6 Å². The summed E-state index contributed by atoms with van der Waals surface area (Å²) >= 11 is 0. The Labute approximate surface area is 167 Å². The van der Waals surface area contributed by atoms with E-state index in [0.717, 1.165) is 33.0 Å². The number of methoxy groups -OCH3 is 1. The number of pyridine rings is 1. The second-order valence-corrected chi connectivity index (χ2v) is 6.32. The van der Waals surface area contributed by atoms with Gasteiger partial charge in [-0.1, -0.05) is 42.5 Å². The van der Waals surface area contributed by atoms with E-state index >= 15 is 0 Å². The summed E-state index contributed by atoms with van der Waals surface area (Å²) in [5.41, 5.74) is 4.09. The van der Waals surface area contributed by atoms with Gasteiger partial charge in [0.2, 0.25) is 0 Å². The molecule has 29 heavy (non-hydrogen) atoms. The van der Waals surface area contributed by atoms with Crippen molar-refractivity contribution >= 4 is 33.8 Å². The molecule has 1 heterocycles. The Morgan fingerprint density at radius 3 is 2.69 bits per heavy atom. The highest BCUT2D eigenvalue weighted by Crippen LogP contribution is 2.27. The topological polar surface area (TPSA) is 72.8 Å². The molecule has 0 unspecified atom stereocenters. The Balaban J connectivity index is 1.42. The molecular formula is C23H19N3O3. The fraction of sp³-hybridized carbons (Fsp3) is 0.0870. The van der Waals surface area contributed by atoms with E-state index in [4.69, 9.17) is 9.47 Å². The molecule has 1 aromatic heterocycles. The van der Waals surface area contributed by atoms with Gasteiger partial charge in [0.1, 0.15) is 17.0 Å². The maximum atomic E-state index is 12.1. The molecule has 3 aromatic carbocycles. The number of rotatable bonds is 6. The maximum Gasteiger partial charge on any atom is 0.277 e. The first-order valence-electron chi connectivity index (χ1n) is 9.10. The van der Waals surface area contributed by atoms with Gasteiger partial charge in [0.25, 0.3) is 5.91 Å². The van der Waals surface area contributed by atoms with Crippen LogP contribution in [0.25, 0.3) is 21.7 Å². The molecular weight excluding hydrogens is 366 g/mol. The SMILES string of the molecule is COc1ccc(/C=N\NC(=O)COc2cccc3cccnc23)c2ccccc12. The molecule has 0 fully saturated rings. The molecule has 0 saturated carbocycles. The van der Waals surface area contributed by atoms with Gasteiger partial charge in [0.05, 0.1) is 13.3 Å². The van der Waals surface area contributed by atoms with Crippen molar-refractivity contribution in [3.63, 3.8) is 0 Å². The molecule has 0 aliphatic carbocycles. The largest absolute Gasteiger partial charge is 0.496 e. The smallest absolute Gasteiger partial charge is 0.277 e. The molecule has 1 N–H and O–H groups in total. The third-order valence-corrected chi connectivity index (χ3v) is 4.49. The number of para-hydroxylation sites is 1. The highest BCUT2D eigenvalue weighted by Gasteiger charge is 2.07. The van der Waals surface area contributed by atoms with Gasteiger partial charge >= 0.3 is 0 Å². The molecule has 6 nitrogen and oxygen atoms in total. The van der Waals surface area contributed by atoms with Gasteiger partial charge in [0.15, 0.2) is 6.61 Å². The Morgan fingerprint density at radius 1 is 1.00 bits per heavy atom. The van der Waals surface area contributed by atoms with E-state index in [-0.39, 0.29) is 12.5 Å². The van der Waals surface area contributed by atoms with Gasteiger partial charge in [-0.2, -0.15) is 5.10 Å².